The zero-order valence-corrected chi connectivity index (χ0v) is 10.3. The molecule has 1 unspecified atom stereocenters. The van der Waals surface area contributed by atoms with Crippen LogP contribution in [0, 0.1) is 0 Å². The minimum atomic E-state index is -3.36. The van der Waals surface area contributed by atoms with Crippen LogP contribution in [-0.2, 0) is 24.2 Å². The van der Waals surface area contributed by atoms with Crippen molar-refractivity contribution in [3.8, 4) is 0 Å². The van der Waals surface area contributed by atoms with Crippen LogP contribution in [0.1, 0.15) is 6.42 Å². The smallest absolute Gasteiger partial charge is 0.306 e. The summed E-state index contributed by atoms with van der Waals surface area (Å²) in [4.78, 5) is 23.4. The Morgan fingerprint density at radius 3 is 2.65 bits per heavy atom. The van der Waals surface area contributed by atoms with Crippen LogP contribution in [0.5, 0.6) is 0 Å². The van der Waals surface area contributed by atoms with E-state index in [1.165, 1.54) is 4.90 Å². The molecule has 0 spiro atoms. The average Bonchev–Trinajstić information content (AvgIpc) is 2.14. The largest absolute Gasteiger partial charge is 0.481 e. The van der Waals surface area contributed by atoms with Gasteiger partial charge in [-0.15, -0.1) is 0 Å². The molecule has 7 nitrogen and oxygen atoms in total. The van der Waals surface area contributed by atoms with E-state index < -0.39 is 33.6 Å². The van der Waals surface area contributed by atoms with Gasteiger partial charge in [0.1, 0.15) is 5.75 Å². The number of amides is 1. The van der Waals surface area contributed by atoms with Gasteiger partial charge in [-0.1, -0.05) is 0 Å². The van der Waals surface area contributed by atoms with Crippen molar-refractivity contribution in [2.75, 3.05) is 31.7 Å². The Balaban J connectivity index is 2.54. The summed E-state index contributed by atoms with van der Waals surface area (Å²) in [6.45, 7) is 0.651. The van der Waals surface area contributed by atoms with Crippen LogP contribution in [0.2, 0.25) is 0 Å². The standard InChI is InChI=1S/C9H15NO6S/c1-17(14,15)6-8(11)10-2-3-16-7(5-10)4-9(12)13/h7H,2-6H2,1H3,(H,12,13). The van der Waals surface area contributed by atoms with Crippen molar-refractivity contribution in [2.45, 2.75) is 12.5 Å². The first-order valence-electron chi connectivity index (χ1n) is 5.07. The number of carbonyl (C=O) groups excluding carboxylic acids is 1. The maximum absolute atomic E-state index is 11.6. The van der Waals surface area contributed by atoms with E-state index >= 15 is 0 Å². The predicted octanol–water partition coefficient (Wildman–Crippen LogP) is -1.27. The Bertz CT molecular complexity index is 404. The maximum Gasteiger partial charge on any atom is 0.306 e. The minimum Gasteiger partial charge on any atom is -0.481 e. The first kappa shape index (κ1) is 13.9. The molecule has 0 radical (unpaired) electrons. The number of carboxylic acid groups (broad SMARTS) is 1. The quantitative estimate of drug-likeness (QED) is 0.680. The zero-order chi connectivity index (χ0) is 13.1. The SMILES string of the molecule is CS(=O)(=O)CC(=O)N1CCOC(CC(=O)O)C1. The van der Waals surface area contributed by atoms with Crippen molar-refractivity contribution in [1.82, 2.24) is 4.90 Å². The predicted molar refractivity (Wildman–Crippen MR) is 58.3 cm³/mol. The monoisotopic (exact) mass is 265 g/mol. The Morgan fingerprint density at radius 2 is 2.12 bits per heavy atom. The second-order valence-electron chi connectivity index (χ2n) is 4.00. The number of hydrogen-bond donors (Lipinski definition) is 1. The number of ether oxygens (including phenoxy) is 1. The van der Waals surface area contributed by atoms with E-state index in [9.17, 15) is 18.0 Å². The Hall–Kier alpha value is -1.15. The summed E-state index contributed by atoms with van der Waals surface area (Å²) in [7, 11) is -3.36. The molecule has 0 saturated carbocycles. The van der Waals surface area contributed by atoms with Crippen LogP contribution in [-0.4, -0.2) is 68.1 Å². The molecule has 1 atom stereocenters. The molecule has 1 fully saturated rings. The lowest BCUT2D eigenvalue weighted by Crippen LogP contribution is -2.48. The number of carbonyl (C=O) groups is 2. The molecule has 1 aliphatic heterocycles. The summed E-state index contributed by atoms with van der Waals surface area (Å²) in [5, 5.41) is 8.60. The van der Waals surface area contributed by atoms with Gasteiger partial charge in [0.15, 0.2) is 9.84 Å². The fourth-order valence-electron chi connectivity index (χ4n) is 1.58. The molecule has 1 saturated heterocycles. The highest BCUT2D eigenvalue weighted by Crippen LogP contribution is 2.09. The van der Waals surface area contributed by atoms with Gasteiger partial charge in [-0.3, -0.25) is 9.59 Å². The van der Waals surface area contributed by atoms with E-state index in [-0.39, 0.29) is 19.6 Å². The van der Waals surface area contributed by atoms with Gasteiger partial charge in [0.2, 0.25) is 5.91 Å². The molecule has 17 heavy (non-hydrogen) atoms. The lowest BCUT2D eigenvalue weighted by atomic mass is 10.2. The highest BCUT2D eigenvalue weighted by atomic mass is 32.2. The van der Waals surface area contributed by atoms with Crippen LogP contribution in [0.3, 0.4) is 0 Å². The fourth-order valence-corrected chi connectivity index (χ4v) is 2.21. The van der Waals surface area contributed by atoms with E-state index in [0.717, 1.165) is 6.26 Å². The van der Waals surface area contributed by atoms with Gasteiger partial charge in [-0.05, 0) is 0 Å². The topological polar surface area (TPSA) is 101 Å². The molecule has 1 rings (SSSR count). The van der Waals surface area contributed by atoms with E-state index in [1.807, 2.05) is 0 Å². The summed E-state index contributed by atoms with van der Waals surface area (Å²) in [5.74, 6) is -2.06. The summed E-state index contributed by atoms with van der Waals surface area (Å²) < 4.78 is 27.1. The van der Waals surface area contributed by atoms with E-state index in [4.69, 9.17) is 9.84 Å². The molecule has 0 aromatic rings. The molecule has 0 bridgehead atoms. The number of aliphatic carboxylic acids is 1. The Morgan fingerprint density at radius 1 is 1.47 bits per heavy atom. The molecule has 1 heterocycles. The van der Waals surface area contributed by atoms with Crippen LogP contribution in [0.4, 0.5) is 0 Å². The minimum absolute atomic E-state index is 0.126. The highest BCUT2D eigenvalue weighted by Gasteiger charge is 2.27. The third-order valence-corrected chi connectivity index (χ3v) is 3.05. The van der Waals surface area contributed by atoms with Gasteiger partial charge in [0.05, 0.1) is 19.1 Å². The lowest BCUT2D eigenvalue weighted by Gasteiger charge is -2.32. The third kappa shape index (κ3) is 5.14. The molecule has 1 N–H and O–H groups in total. The van der Waals surface area contributed by atoms with Crippen LogP contribution >= 0.6 is 0 Å². The van der Waals surface area contributed by atoms with E-state index in [0.29, 0.717) is 6.54 Å². The summed E-state index contributed by atoms with van der Waals surface area (Å²) in [5.41, 5.74) is 0. The van der Waals surface area contributed by atoms with Gasteiger partial charge < -0.3 is 14.7 Å². The number of sulfone groups is 1. The van der Waals surface area contributed by atoms with Crippen LogP contribution in [0.15, 0.2) is 0 Å². The Kier molecular flexibility index (Phi) is 4.47. The molecule has 8 heteroatoms. The highest BCUT2D eigenvalue weighted by molar-refractivity contribution is 7.91. The number of nitrogens with zero attached hydrogens (tertiary/aromatic N) is 1. The third-order valence-electron chi connectivity index (χ3n) is 2.28. The molecular weight excluding hydrogens is 250 g/mol. The van der Waals surface area contributed by atoms with Gasteiger partial charge in [0, 0.05) is 19.3 Å². The van der Waals surface area contributed by atoms with Crippen molar-refractivity contribution in [3.05, 3.63) is 0 Å². The normalized spacial score (nSPS) is 21.2. The summed E-state index contributed by atoms with van der Waals surface area (Å²) in [6.07, 6.45) is 0.229. The molecule has 0 aliphatic carbocycles. The molecule has 1 amide bonds. The van der Waals surface area contributed by atoms with Crippen molar-refractivity contribution in [1.29, 1.82) is 0 Å². The first-order valence-corrected chi connectivity index (χ1v) is 7.13. The number of hydrogen-bond acceptors (Lipinski definition) is 5. The van der Waals surface area contributed by atoms with E-state index in [2.05, 4.69) is 0 Å². The van der Waals surface area contributed by atoms with Gasteiger partial charge in [0.25, 0.3) is 0 Å². The van der Waals surface area contributed by atoms with Gasteiger partial charge in [-0.25, -0.2) is 8.42 Å². The number of morpholine rings is 1. The molecule has 98 valence electrons. The van der Waals surface area contributed by atoms with Gasteiger partial charge >= 0.3 is 5.97 Å². The van der Waals surface area contributed by atoms with Crippen molar-refractivity contribution < 1.29 is 27.9 Å². The van der Waals surface area contributed by atoms with E-state index in [1.54, 1.807) is 0 Å². The first-order chi connectivity index (χ1) is 7.78. The maximum atomic E-state index is 11.6. The van der Waals surface area contributed by atoms with Crippen LogP contribution < -0.4 is 0 Å². The average molecular weight is 265 g/mol. The molecule has 0 aromatic heterocycles. The second-order valence-corrected chi connectivity index (χ2v) is 6.14. The second kappa shape index (κ2) is 5.46. The zero-order valence-electron chi connectivity index (χ0n) is 9.46. The van der Waals surface area contributed by atoms with Crippen molar-refractivity contribution in [2.24, 2.45) is 0 Å². The van der Waals surface area contributed by atoms with Crippen molar-refractivity contribution >= 4 is 21.7 Å². The summed E-state index contributed by atoms with van der Waals surface area (Å²) >= 11 is 0. The van der Waals surface area contributed by atoms with Gasteiger partial charge in [-0.2, -0.15) is 0 Å². The molecular formula is C9H15NO6S. The Labute approximate surface area is 99.3 Å². The number of rotatable bonds is 4. The molecule has 0 aromatic carbocycles. The number of carboxylic acids is 1. The fraction of sp³-hybridized carbons (Fsp3) is 0.778. The van der Waals surface area contributed by atoms with Crippen LogP contribution in [0.25, 0.3) is 0 Å². The molecule has 1 aliphatic rings. The summed E-state index contributed by atoms with van der Waals surface area (Å²) in [6, 6.07) is 0. The lowest BCUT2D eigenvalue weighted by molar-refractivity contribution is -0.146. The van der Waals surface area contributed by atoms with Crippen molar-refractivity contribution in [3.63, 3.8) is 0 Å².